The van der Waals surface area contributed by atoms with Gasteiger partial charge in [0, 0.05) is 37.1 Å². The summed E-state index contributed by atoms with van der Waals surface area (Å²) in [6.45, 7) is 2.61. The van der Waals surface area contributed by atoms with Gasteiger partial charge in [-0.3, -0.25) is 5.73 Å². The maximum Gasteiger partial charge on any atom is 0.196 e. The molecule has 10 heteroatoms. The third-order valence-corrected chi connectivity index (χ3v) is 5.30. The molecule has 0 saturated carbocycles. The van der Waals surface area contributed by atoms with Gasteiger partial charge >= 0.3 is 0 Å². The molecule has 1 atom stereocenters. The quantitative estimate of drug-likeness (QED) is 0.503. The standard InChI is InChI=1S/C21H22FN7O2/c22-15-11-13(1-2-17(15)31-16-4-6-26-19-14(16)3-5-25-19)21(24)12-18(27-20(23)28-21)29-7-9-30-10-8-29/h1-6,11-12H,7-10,24H2,(H,25,26)(H3,23,27,28). The lowest BCUT2D eigenvalue weighted by molar-refractivity contribution is 0.0509. The molecule has 0 radical (unpaired) electrons. The number of ether oxygens (including phenoxy) is 2. The van der Waals surface area contributed by atoms with Crippen molar-refractivity contribution in [2.75, 3.05) is 26.3 Å². The third kappa shape index (κ3) is 3.66. The molecular formula is C21H22FN7O2. The number of morpholine rings is 1. The Balaban J connectivity index is 1.45. The summed E-state index contributed by atoms with van der Waals surface area (Å²) in [6, 6.07) is 8.05. The summed E-state index contributed by atoms with van der Waals surface area (Å²) in [5.74, 6) is 0.907. The first-order valence-electron chi connectivity index (χ1n) is 9.89. The Morgan fingerprint density at radius 1 is 1.16 bits per heavy atom. The maximum atomic E-state index is 15.0. The van der Waals surface area contributed by atoms with Crippen LogP contribution in [-0.2, 0) is 10.4 Å². The van der Waals surface area contributed by atoms with Gasteiger partial charge in [-0.05, 0) is 24.3 Å². The van der Waals surface area contributed by atoms with E-state index < -0.39 is 11.5 Å². The number of guanidine groups is 1. The van der Waals surface area contributed by atoms with E-state index in [1.54, 1.807) is 30.6 Å². The number of aromatic nitrogens is 2. The highest BCUT2D eigenvalue weighted by molar-refractivity contribution is 5.83. The lowest BCUT2D eigenvalue weighted by atomic mass is 9.99. The lowest BCUT2D eigenvalue weighted by Crippen LogP contribution is -2.50. The average Bonchev–Trinajstić information content (AvgIpc) is 3.25. The molecule has 31 heavy (non-hydrogen) atoms. The predicted molar refractivity (Wildman–Crippen MR) is 114 cm³/mol. The van der Waals surface area contributed by atoms with Gasteiger partial charge < -0.3 is 30.4 Å². The molecule has 2 aromatic heterocycles. The highest BCUT2D eigenvalue weighted by atomic mass is 19.1. The molecule has 2 aliphatic heterocycles. The highest BCUT2D eigenvalue weighted by Gasteiger charge is 2.32. The zero-order valence-electron chi connectivity index (χ0n) is 16.6. The molecular weight excluding hydrogens is 401 g/mol. The van der Waals surface area contributed by atoms with Gasteiger partial charge in [0.2, 0.25) is 0 Å². The number of nitrogens with one attached hydrogen (secondary N) is 2. The summed E-state index contributed by atoms with van der Waals surface area (Å²) in [5, 5.41) is 3.80. The van der Waals surface area contributed by atoms with Crippen molar-refractivity contribution in [2.24, 2.45) is 16.5 Å². The second kappa shape index (κ2) is 7.56. The van der Waals surface area contributed by atoms with Crippen molar-refractivity contribution in [3.63, 3.8) is 0 Å². The number of aliphatic imine (C=N–C) groups is 1. The topological polar surface area (TPSA) is 127 Å². The van der Waals surface area contributed by atoms with E-state index in [0.717, 1.165) is 11.2 Å². The van der Waals surface area contributed by atoms with Crippen LogP contribution in [0.1, 0.15) is 5.56 Å². The summed E-state index contributed by atoms with van der Waals surface area (Å²) in [7, 11) is 0. The fourth-order valence-electron chi connectivity index (χ4n) is 3.73. The number of pyridine rings is 1. The zero-order chi connectivity index (χ0) is 21.4. The normalized spacial score (nSPS) is 21.4. The first kappa shape index (κ1) is 19.3. The van der Waals surface area contributed by atoms with E-state index in [2.05, 4.69) is 25.2 Å². The molecule has 0 aliphatic carbocycles. The van der Waals surface area contributed by atoms with Crippen LogP contribution in [0, 0.1) is 5.82 Å². The predicted octanol–water partition coefficient (Wildman–Crippen LogP) is 1.70. The molecule has 1 fully saturated rings. The zero-order valence-corrected chi connectivity index (χ0v) is 16.6. The number of halogens is 1. The fourth-order valence-corrected chi connectivity index (χ4v) is 3.73. The fraction of sp³-hybridized carbons (Fsp3) is 0.238. The van der Waals surface area contributed by atoms with Crippen molar-refractivity contribution in [1.82, 2.24) is 20.2 Å². The van der Waals surface area contributed by atoms with Gasteiger partial charge in [0.1, 0.15) is 17.2 Å². The van der Waals surface area contributed by atoms with Crippen molar-refractivity contribution in [3.8, 4) is 11.5 Å². The first-order valence-corrected chi connectivity index (χ1v) is 9.89. The average molecular weight is 423 g/mol. The molecule has 1 saturated heterocycles. The number of hydrogen-bond donors (Lipinski definition) is 4. The molecule has 1 aromatic carbocycles. The van der Waals surface area contributed by atoms with Crippen molar-refractivity contribution < 1.29 is 13.9 Å². The molecule has 9 nitrogen and oxygen atoms in total. The minimum absolute atomic E-state index is 0.0734. The van der Waals surface area contributed by atoms with Crippen LogP contribution in [0.3, 0.4) is 0 Å². The Bertz CT molecular complexity index is 1190. The maximum absolute atomic E-state index is 15.0. The van der Waals surface area contributed by atoms with E-state index in [9.17, 15) is 4.39 Å². The van der Waals surface area contributed by atoms with Gasteiger partial charge in [0.05, 0.1) is 18.6 Å². The van der Waals surface area contributed by atoms with E-state index >= 15 is 0 Å². The number of rotatable bonds is 4. The Labute approximate surface area is 177 Å². The number of nitrogens with zero attached hydrogens (tertiary/aromatic N) is 3. The Kier molecular flexibility index (Phi) is 4.72. The molecule has 0 spiro atoms. The number of benzene rings is 1. The van der Waals surface area contributed by atoms with Crippen LogP contribution in [0.4, 0.5) is 4.39 Å². The minimum atomic E-state index is -1.31. The van der Waals surface area contributed by atoms with Crippen LogP contribution in [0.15, 0.2) is 59.6 Å². The highest BCUT2D eigenvalue weighted by Crippen LogP contribution is 2.33. The van der Waals surface area contributed by atoms with Gasteiger partial charge in [-0.25, -0.2) is 14.4 Å². The molecule has 6 N–H and O–H groups in total. The van der Waals surface area contributed by atoms with Crippen LogP contribution < -0.4 is 21.5 Å². The Morgan fingerprint density at radius 2 is 2.00 bits per heavy atom. The van der Waals surface area contributed by atoms with Gasteiger partial charge in [0.25, 0.3) is 0 Å². The number of fused-ring (bicyclic) bond motifs is 1. The van der Waals surface area contributed by atoms with Crippen LogP contribution in [0.2, 0.25) is 0 Å². The molecule has 1 unspecified atom stereocenters. The summed E-state index contributed by atoms with van der Waals surface area (Å²) in [4.78, 5) is 13.6. The van der Waals surface area contributed by atoms with Crippen LogP contribution in [0.5, 0.6) is 11.5 Å². The van der Waals surface area contributed by atoms with Crippen LogP contribution >= 0.6 is 0 Å². The number of aromatic amines is 1. The molecule has 3 aromatic rings. The van der Waals surface area contributed by atoms with Crippen molar-refractivity contribution in [2.45, 2.75) is 5.66 Å². The summed E-state index contributed by atoms with van der Waals surface area (Å²) in [6.07, 6.45) is 5.09. The second-order valence-corrected chi connectivity index (χ2v) is 7.37. The molecule has 5 rings (SSSR count). The van der Waals surface area contributed by atoms with E-state index in [1.165, 1.54) is 12.1 Å². The van der Waals surface area contributed by atoms with Gasteiger partial charge in [-0.15, -0.1) is 0 Å². The van der Waals surface area contributed by atoms with E-state index in [0.29, 0.717) is 43.3 Å². The van der Waals surface area contributed by atoms with Crippen molar-refractivity contribution in [3.05, 3.63) is 66.0 Å². The first-order chi connectivity index (χ1) is 15.0. The molecule has 4 heterocycles. The van der Waals surface area contributed by atoms with Crippen LogP contribution in [0.25, 0.3) is 11.0 Å². The number of nitrogens with two attached hydrogens (primary N) is 2. The SMILES string of the molecule is NC1=NC(N)(c2ccc(Oc3ccnc4[nH]ccc34)c(F)c2)C=C(N2CCOCC2)N1. The van der Waals surface area contributed by atoms with E-state index in [-0.39, 0.29) is 11.7 Å². The summed E-state index contributed by atoms with van der Waals surface area (Å²) in [5.41, 5.74) is 12.3. The summed E-state index contributed by atoms with van der Waals surface area (Å²) >= 11 is 0. The smallest absolute Gasteiger partial charge is 0.196 e. The second-order valence-electron chi connectivity index (χ2n) is 7.37. The number of hydrogen-bond acceptors (Lipinski definition) is 8. The molecule has 2 aliphatic rings. The lowest BCUT2D eigenvalue weighted by Gasteiger charge is -2.36. The van der Waals surface area contributed by atoms with Gasteiger partial charge in [0.15, 0.2) is 23.2 Å². The third-order valence-electron chi connectivity index (χ3n) is 5.30. The Hall–Kier alpha value is -3.63. The monoisotopic (exact) mass is 423 g/mol. The van der Waals surface area contributed by atoms with Crippen molar-refractivity contribution in [1.29, 1.82) is 0 Å². The van der Waals surface area contributed by atoms with Crippen molar-refractivity contribution >= 4 is 17.0 Å². The van der Waals surface area contributed by atoms with Gasteiger partial charge in [-0.2, -0.15) is 0 Å². The van der Waals surface area contributed by atoms with Crippen LogP contribution in [-0.4, -0.2) is 47.1 Å². The molecule has 0 amide bonds. The molecule has 0 bridgehead atoms. The van der Waals surface area contributed by atoms with E-state index in [4.69, 9.17) is 20.9 Å². The molecule has 160 valence electrons. The van der Waals surface area contributed by atoms with E-state index in [1.807, 2.05) is 6.07 Å². The van der Waals surface area contributed by atoms with Gasteiger partial charge in [-0.1, -0.05) is 6.07 Å². The Morgan fingerprint density at radius 3 is 2.81 bits per heavy atom. The minimum Gasteiger partial charge on any atom is -0.453 e. The largest absolute Gasteiger partial charge is 0.453 e. The number of H-pyrrole nitrogens is 1. The summed E-state index contributed by atoms with van der Waals surface area (Å²) < 4.78 is 26.2.